The van der Waals surface area contributed by atoms with Crippen LogP contribution in [0.4, 0.5) is 4.39 Å². The molecule has 0 bridgehead atoms. The Labute approximate surface area is 278 Å². The van der Waals surface area contributed by atoms with Gasteiger partial charge in [-0.1, -0.05) is 79.9 Å². The first-order chi connectivity index (χ1) is 22.8. The van der Waals surface area contributed by atoms with Gasteiger partial charge in [0, 0.05) is 18.7 Å². The summed E-state index contributed by atoms with van der Waals surface area (Å²) < 4.78 is 25.0. The van der Waals surface area contributed by atoms with Crippen molar-refractivity contribution in [2.45, 2.75) is 63.1 Å². The monoisotopic (exact) mass is 670 g/mol. The van der Waals surface area contributed by atoms with Gasteiger partial charge in [0.2, 0.25) is 28.7 Å². The third kappa shape index (κ3) is 12.7. The lowest BCUT2D eigenvalue weighted by Gasteiger charge is -2.25. The van der Waals surface area contributed by atoms with Crippen molar-refractivity contribution in [3.63, 3.8) is 0 Å². The molecule has 0 spiro atoms. The second-order valence-electron chi connectivity index (χ2n) is 11.8. The zero-order chi connectivity index (χ0) is 33.4. The molecule has 13 heteroatoms. The lowest BCUT2D eigenvalue weighted by Crippen LogP contribution is -2.53. The van der Waals surface area contributed by atoms with Gasteiger partial charge in [-0.3, -0.25) is 24.0 Å². The van der Waals surface area contributed by atoms with Crippen molar-refractivity contribution in [1.29, 1.82) is 0 Å². The minimum atomic E-state index is -1.10. The molecule has 1 heterocycles. The normalized spacial score (nSPS) is 23.0. The average molecular weight is 671 g/mol. The summed E-state index contributed by atoms with van der Waals surface area (Å²) in [7, 11) is 0. The number of carbonyl (C=O) groups is 5. The molecule has 2 fully saturated rings. The molecular formula is C34H43FN4O7S. The van der Waals surface area contributed by atoms with E-state index in [0.717, 1.165) is 43.0 Å². The van der Waals surface area contributed by atoms with Crippen LogP contribution in [0.25, 0.3) is 0 Å². The van der Waals surface area contributed by atoms with E-state index in [1.165, 1.54) is 18.2 Å². The fourth-order valence-electron chi connectivity index (χ4n) is 5.64. The van der Waals surface area contributed by atoms with Crippen molar-refractivity contribution >= 4 is 40.5 Å². The predicted molar refractivity (Wildman–Crippen MR) is 175 cm³/mol. The maximum Gasteiger partial charge on any atom is 0.246 e. The van der Waals surface area contributed by atoms with Crippen LogP contribution < -0.4 is 21.3 Å². The maximum atomic E-state index is 14.1. The van der Waals surface area contributed by atoms with Crippen LogP contribution in [0.15, 0.2) is 54.6 Å². The Kier molecular flexibility index (Phi) is 14.7. The number of halogens is 1. The van der Waals surface area contributed by atoms with E-state index in [0.29, 0.717) is 12.0 Å². The molecule has 47 heavy (non-hydrogen) atoms. The second-order valence-corrected chi connectivity index (χ2v) is 12.8. The van der Waals surface area contributed by atoms with Crippen molar-refractivity contribution < 1.29 is 37.8 Å². The Morgan fingerprint density at radius 3 is 2.38 bits per heavy atom. The Balaban J connectivity index is 1.54. The molecule has 3 atom stereocenters. The number of nitrogens with one attached hydrogen (secondary N) is 4. The van der Waals surface area contributed by atoms with E-state index in [2.05, 4.69) is 21.3 Å². The number of benzene rings is 2. The molecule has 4 rings (SSSR count). The van der Waals surface area contributed by atoms with Gasteiger partial charge in [0.15, 0.2) is 0 Å². The first-order valence-corrected chi connectivity index (χ1v) is 17.0. The summed E-state index contributed by atoms with van der Waals surface area (Å²) in [5, 5.41) is 10.5. The van der Waals surface area contributed by atoms with Crippen molar-refractivity contribution in [3.05, 3.63) is 71.5 Å². The Bertz CT molecular complexity index is 1360. The largest absolute Gasteiger partial charge is 0.377 e. The van der Waals surface area contributed by atoms with Gasteiger partial charge < -0.3 is 30.7 Å². The summed E-state index contributed by atoms with van der Waals surface area (Å²) in [5.74, 6) is -2.26. The molecule has 0 unspecified atom stereocenters. The summed E-state index contributed by atoms with van der Waals surface area (Å²) in [4.78, 5) is 66.2. The Morgan fingerprint density at radius 1 is 0.872 bits per heavy atom. The smallest absolute Gasteiger partial charge is 0.246 e. The quantitative estimate of drug-likeness (QED) is 0.350. The first-order valence-electron chi connectivity index (χ1n) is 16.0. The Hall–Kier alpha value is -3.81. The molecule has 1 saturated heterocycles. The van der Waals surface area contributed by atoms with Crippen LogP contribution in [0.2, 0.25) is 0 Å². The molecule has 1 aliphatic heterocycles. The fraction of sp³-hybridized carbons (Fsp3) is 0.500. The van der Waals surface area contributed by atoms with Crippen LogP contribution in [0.1, 0.15) is 43.2 Å². The van der Waals surface area contributed by atoms with E-state index in [4.69, 9.17) is 9.47 Å². The van der Waals surface area contributed by atoms with Crippen LogP contribution in [-0.2, 0) is 46.3 Å². The van der Waals surface area contributed by atoms with E-state index < -0.39 is 52.7 Å². The van der Waals surface area contributed by atoms with Crippen molar-refractivity contribution in [1.82, 2.24) is 21.3 Å². The van der Waals surface area contributed by atoms with Gasteiger partial charge in [-0.25, -0.2) is 4.39 Å². The highest BCUT2D eigenvalue weighted by atomic mass is 32.2. The van der Waals surface area contributed by atoms with E-state index >= 15 is 0 Å². The van der Waals surface area contributed by atoms with Crippen LogP contribution in [0, 0.1) is 11.7 Å². The SMILES string of the molecule is O=C1COCCOCCNC(=O)[C@H](NC(=O)Cc2ccccc2)CSC(=O)[C@H](Cc2cccc(F)c2)NC(=O)[C@H](CC2CCCC2)N1. The first kappa shape index (κ1) is 36.0. The zero-order valence-electron chi connectivity index (χ0n) is 26.3. The number of amides is 4. The summed E-state index contributed by atoms with van der Waals surface area (Å²) in [6.45, 7) is 0.332. The molecule has 2 aliphatic rings. The third-order valence-corrected chi connectivity index (χ3v) is 9.10. The lowest BCUT2D eigenvalue weighted by atomic mass is 9.97. The van der Waals surface area contributed by atoms with E-state index in [9.17, 15) is 28.4 Å². The van der Waals surface area contributed by atoms with E-state index in [1.54, 1.807) is 18.2 Å². The maximum absolute atomic E-state index is 14.1. The van der Waals surface area contributed by atoms with Gasteiger partial charge >= 0.3 is 0 Å². The van der Waals surface area contributed by atoms with Gasteiger partial charge in [-0.15, -0.1) is 0 Å². The number of hydrogen-bond donors (Lipinski definition) is 4. The van der Waals surface area contributed by atoms with Gasteiger partial charge in [0.1, 0.15) is 30.5 Å². The molecule has 4 N–H and O–H groups in total. The highest BCUT2D eigenvalue weighted by Gasteiger charge is 2.31. The van der Waals surface area contributed by atoms with E-state index in [1.807, 2.05) is 18.2 Å². The van der Waals surface area contributed by atoms with Crippen molar-refractivity contribution in [2.24, 2.45) is 5.92 Å². The van der Waals surface area contributed by atoms with Gasteiger partial charge in [-0.2, -0.15) is 0 Å². The highest BCUT2D eigenvalue weighted by Crippen LogP contribution is 2.29. The molecule has 11 nitrogen and oxygen atoms in total. The summed E-state index contributed by atoms with van der Waals surface area (Å²) >= 11 is 0.790. The molecule has 254 valence electrons. The molecule has 0 radical (unpaired) electrons. The van der Waals surface area contributed by atoms with Gasteiger partial charge in [0.05, 0.1) is 26.2 Å². The zero-order valence-corrected chi connectivity index (χ0v) is 27.2. The number of ether oxygens (including phenoxy) is 2. The third-order valence-electron chi connectivity index (χ3n) is 8.03. The number of carbonyl (C=O) groups excluding carboxylic acids is 5. The van der Waals surface area contributed by atoms with Crippen molar-refractivity contribution in [2.75, 3.05) is 38.7 Å². The standard InChI is InChI=1S/C34H43FN4O7S/c35-26-12-6-11-25(17-26)19-28-34(44)47-22-29(38-30(40)20-24-7-2-1-3-8-24)32(42)36-13-14-45-15-16-46-21-31(41)37-27(33(43)39-28)18-23-9-4-5-10-23/h1-3,6-8,11-12,17,23,27-29H,4-5,9-10,13-16,18-22H2,(H,36,42)(H,37,41)(H,38,40)(H,39,43)/t27-,28-,29+/m0/s1. The molecule has 0 aromatic heterocycles. The topological polar surface area (TPSA) is 152 Å². The highest BCUT2D eigenvalue weighted by molar-refractivity contribution is 8.13. The number of hydrogen-bond acceptors (Lipinski definition) is 8. The second kappa shape index (κ2) is 19.1. The summed E-state index contributed by atoms with van der Waals surface area (Å²) in [5.41, 5.74) is 1.25. The minimum absolute atomic E-state index is 0.0168. The van der Waals surface area contributed by atoms with Crippen LogP contribution in [-0.4, -0.2) is 85.6 Å². The fourth-order valence-corrected chi connectivity index (χ4v) is 6.55. The molecule has 1 aliphatic carbocycles. The molecule has 2 aromatic rings. The Morgan fingerprint density at radius 2 is 1.62 bits per heavy atom. The van der Waals surface area contributed by atoms with Crippen LogP contribution in [0.3, 0.4) is 0 Å². The molecular weight excluding hydrogens is 627 g/mol. The van der Waals surface area contributed by atoms with Crippen molar-refractivity contribution in [3.8, 4) is 0 Å². The van der Waals surface area contributed by atoms with Gasteiger partial charge in [-0.05, 0) is 35.6 Å². The van der Waals surface area contributed by atoms with Gasteiger partial charge in [0.25, 0.3) is 0 Å². The minimum Gasteiger partial charge on any atom is -0.377 e. The predicted octanol–water partition coefficient (Wildman–Crippen LogP) is 2.07. The lowest BCUT2D eigenvalue weighted by molar-refractivity contribution is -0.133. The summed E-state index contributed by atoms with van der Waals surface area (Å²) in [6, 6.07) is 11.7. The molecule has 1 saturated carbocycles. The average Bonchev–Trinajstić information content (AvgIpc) is 3.56. The number of rotatable bonds is 7. The summed E-state index contributed by atoms with van der Waals surface area (Å²) in [6.07, 6.45) is 4.40. The molecule has 4 amide bonds. The van der Waals surface area contributed by atoms with E-state index in [-0.39, 0.29) is 57.5 Å². The van der Waals surface area contributed by atoms with Crippen LogP contribution in [0.5, 0.6) is 0 Å². The number of thioether (sulfide) groups is 1. The van der Waals surface area contributed by atoms with Crippen LogP contribution >= 0.6 is 11.8 Å². The molecule has 2 aromatic carbocycles.